The second-order valence-electron chi connectivity index (χ2n) is 6.46. The number of nitrogens with one attached hydrogen (secondary N) is 1. The number of benzene rings is 1. The smallest absolute Gasteiger partial charge is 0.274 e. The van der Waals surface area contributed by atoms with Crippen molar-refractivity contribution < 1.29 is 9.53 Å². The van der Waals surface area contributed by atoms with E-state index in [-0.39, 0.29) is 5.91 Å². The molecule has 1 aromatic carbocycles. The summed E-state index contributed by atoms with van der Waals surface area (Å²) in [6, 6.07) is 9.46. The highest BCUT2D eigenvalue weighted by atomic mass is 16.5. The van der Waals surface area contributed by atoms with E-state index in [0.717, 1.165) is 24.3 Å². The third kappa shape index (κ3) is 4.29. The average molecular weight is 339 g/mol. The molecule has 0 bridgehead atoms. The number of aryl methyl sites for hydroxylation is 1. The van der Waals surface area contributed by atoms with Crippen LogP contribution in [-0.2, 0) is 0 Å². The van der Waals surface area contributed by atoms with Crippen LogP contribution in [0.2, 0.25) is 0 Å². The van der Waals surface area contributed by atoms with Gasteiger partial charge in [0.1, 0.15) is 11.4 Å². The van der Waals surface area contributed by atoms with Crippen LogP contribution >= 0.6 is 0 Å². The van der Waals surface area contributed by atoms with Crippen LogP contribution in [0, 0.1) is 6.92 Å². The molecule has 2 aromatic rings. The van der Waals surface area contributed by atoms with Crippen LogP contribution in [0.5, 0.6) is 5.75 Å². The molecule has 0 saturated carbocycles. The van der Waals surface area contributed by atoms with Crippen molar-refractivity contribution in [2.45, 2.75) is 32.6 Å². The van der Waals surface area contributed by atoms with Crippen LogP contribution in [0.15, 0.2) is 36.5 Å². The van der Waals surface area contributed by atoms with Gasteiger partial charge in [0.2, 0.25) is 0 Å². The van der Waals surface area contributed by atoms with E-state index in [1.807, 2.05) is 31.2 Å². The zero-order chi connectivity index (χ0) is 17.6. The van der Waals surface area contributed by atoms with E-state index < -0.39 is 0 Å². The van der Waals surface area contributed by atoms with Gasteiger partial charge in [0.15, 0.2) is 0 Å². The fraction of sp³-hybridized carbons (Fsp3) is 0.400. The summed E-state index contributed by atoms with van der Waals surface area (Å²) in [6.45, 7) is 4.10. The lowest BCUT2D eigenvalue weighted by Crippen LogP contribution is -2.24. The second-order valence-corrected chi connectivity index (χ2v) is 6.46. The molecule has 3 rings (SSSR count). The molecule has 0 unspecified atom stereocenters. The Morgan fingerprint density at radius 1 is 1.12 bits per heavy atom. The first-order valence-corrected chi connectivity index (χ1v) is 8.84. The van der Waals surface area contributed by atoms with E-state index in [1.54, 1.807) is 19.4 Å². The van der Waals surface area contributed by atoms with Crippen molar-refractivity contribution in [1.29, 1.82) is 0 Å². The van der Waals surface area contributed by atoms with Crippen LogP contribution in [0.4, 0.5) is 11.4 Å². The lowest BCUT2D eigenvalue weighted by Gasteiger charge is -2.22. The summed E-state index contributed by atoms with van der Waals surface area (Å²) in [7, 11) is 1.59. The SMILES string of the molecule is COc1ccc(C)cc1NC(=O)c1ccc(N2CCCCCC2)cn1. The number of rotatable bonds is 4. The van der Waals surface area contributed by atoms with Gasteiger partial charge in [-0.3, -0.25) is 4.79 Å². The maximum atomic E-state index is 12.5. The number of aromatic nitrogens is 1. The molecule has 1 aromatic heterocycles. The molecule has 5 heteroatoms. The Bertz CT molecular complexity index is 720. The molecule has 0 spiro atoms. The summed E-state index contributed by atoms with van der Waals surface area (Å²) >= 11 is 0. The maximum Gasteiger partial charge on any atom is 0.274 e. The summed E-state index contributed by atoms with van der Waals surface area (Å²) in [5.74, 6) is 0.409. The molecule has 1 fully saturated rings. The number of methoxy groups -OCH3 is 1. The third-order valence-corrected chi connectivity index (χ3v) is 4.55. The zero-order valence-electron chi connectivity index (χ0n) is 14.9. The second kappa shape index (κ2) is 8.01. The summed E-state index contributed by atoms with van der Waals surface area (Å²) in [5.41, 5.74) is 3.21. The Hall–Kier alpha value is -2.56. The van der Waals surface area contributed by atoms with E-state index in [2.05, 4.69) is 15.2 Å². The predicted octanol–water partition coefficient (Wildman–Crippen LogP) is 4.03. The molecule has 1 saturated heterocycles. The van der Waals surface area contributed by atoms with Crippen molar-refractivity contribution in [3.63, 3.8) is 0 Å². The van der Waals surface area contributed by atoms with E-state index in [4.69, 9.17) is 4.74 Å². The fourth-order valence-corrected chi connectivity index (χ4v) is 3.14. The van der Waals surface area contributed by atoms with Crippen molar-refractivity contribution in [2.75, 3.05) is 30.4 Å². The Kier molecular flexibility index (Phi) is 5.53. The lowest BCUT2D eigenvalue weighted by molar-refractivity contribution is 0.102. The van der Waals surface area contributed by atoms with Crippen LogP contribution in [-0.4, -0.2) is 31.1 Å². The highest BCUT2D eigenvalue weighted by Crippen LogP contribution is 2.26. The minimum Gasteiger partial charge on any atom is -0.495 e. The number of hydrogen-bond donors (Lipinski definition) is 1. The number of carbonyl (C=O) groups is 1. The van der Waals surface area contributed by atoms with Crippen LogP contribution < -0.4 is 15.0 Å². The first-order chi connectivity index (χ1) is 12.2. The Morgan fingerprint density at radius 3 is 2.52 bits per heavy atom. The monoisotopic (exact) mass is 339 g/mol. The van der Waals surface area contributed by atoms with Gasteiger partial charge in [-0.25, -0.2) is 4.98 Å². The van der Waals surface area contributed by atoms with Crippen molar-refractivity contribution >= 4 is 17.3 Å². The van der Waals surface area contributed by atoms with E-state index in [0.29, 0.717) is 17.1 Å². The van der Waals surface area contributed by atoms with Gasteiger partial charge in [-0.1, -0.05) is 18.9 Å². The normalized spacial score (nSPS) is 14.7. The Labute approximate surface area is 149 Å². The van der Waals surface area contributed by atoms with Crippen molar-refractivity contribution in [2.24, 2.45) is 0 Å². The lowest BCUT2D eigenvalue weighted by atomic mass is 10.2. The van der Waals surface area contributed by atoms with Crippen molar-refractivity contribution in [3.05, 3.63) is 47.8 Å². The van der Waals surface area contributed by atoms with Gasteiger partial charge >= 0.3 is 0 Å². The molecule has 0 radical (unpaired) electrons. The molecule has 1 amide bonds. The van der Waals surface area contributed by atoms with E-state index >= 15 is 0 Å². The van der Waals surface area contributed by atoms with Gasteiger partial charge in [-0.05, 0) is 49.6 Å². The largest absolute Gasteiger partial charge is 0.495 e. The summed E-state index contributed by atoms with van der Waals surface area (Å²) < 4.78 is 5.31. The number of nitrogens with zero attached hydrogens (tertiary/aromatic N) is 2. The minimum absolute atomic E-state index is 0.230. The number of amides is 1. The van der Waals surface area contributed by atoms with Gasteiger partial charge in [0.25, 0.3) is 5.91 Å². The maximum absolute atomic E-state index is 12.5. The first kappa shape index (κ1) is 17.3. The van der Waals surface area contributed by atoms with E-state index in [1.165, 1.54) is 25.7 Å². The molecule has 25 heavy (non-hydrogen) atoms. The first-order valence-electron chi connectivity index (χ1n) is 8.84. The minimum atomic E-state index is -0.230. The van der Waals surface area contributed by atoms with Gasteiger partial charge in [-0.2, -0.15) is 0 Å². The molecule has 1 aliphatic rings. The molecule has 1 aliphatic heterocycles. The van der Waals surface area contributed by atoms with Gasteiger partial charge in [-0.15, -0.1) is 0 Å². The van der Waals surface area contributed by atoms with Crippen molar-refractivity contribution in [1.82, 2.24) is 4.98 Å². The number of hydrogen-bond acceptors (Lipinski definition) is 4. The molecule has 2 heterocycles. The number of pyridine rings is 1. The van der Waals surface area contributed by atoms with Crippen molar-refractivity contribution in [3.8, 4) is 5.75 Å². The molecular weight excluding hydrogens is 314 g/mol. The molecule has 0 atom stereocenters. The number of carbonyl (C=O) groups excluding carboxylic acids is 1. The van der Waals surface area contributed by atoms with Gasteiger partial charge in [0.05, 0.1) is 24.7 Å². The molecule has 132 valence electrons. The number of anilines is 2. The molecular formula is C20H25N3O2. The summed E-state index contributed by atoms with van der Waals surface area (Å²) in [4.78, 5) is 19.2. The summed E-state index contributed by atoms with van der Waals surface area (Å²) in [5, 5.41) is 2.89. The standard InChI is InChI=1S/C20H25N3O2/c1-15-7-10-19(25-2)18(13-15)22-20(24)17-9-8-16(14-21-17)23-11-5-3-4-6-12-23/h7-10,13-14H,3-6,11-12H2,1-2H3,(H,22,24). The molecule has 1 N–H and O–H groups in total. The predicted molar refractivity (Wildman–Crippen MR) is 101 cm³/mol. The molecule has 5 nitrogen and oxygen atoms in total. The molecule has 0 aliphatic carbocycles. The van der Waals surface area contributed by atoms with Gasteiger partial charge < -0.3 is 15.0 Å². The number of ether oxygens (including phenoxy) is 1. The third-order valence-electron chi connectivity index (χ3n) is 4.55. The quantitative estimate of drug-likeness (QED) is 0.914. The fourth-order valence-electron chi connectivity index (χ4n) is 3.14. The van der Waals surface area contributed by atoms with E-state index in [9.17, 15) is 4.79 Å². The Morgan fingerprint density at radius 2 is 1.88 bits per heavy atom. The van der Waals surface area contributed by atoms with Crippen LogP contribution in [0.3, 0.4) is 0 Å². The average Bonchev–Trinajstić information content (AvgIpc) is 2.91. The van der Waals surface area contributed by atoms with Crippen LogP contribution in [0.1, 0.15) is 41.7 Å². The Balaban J connectivity index is 1.71. The topological polar surface area (TPSA) is 54.5 Å². The zero-order valence-corrected chi connectivity index (χ0v) is 14.9. The van der Waals surface area contributed by atoms with Crippen LogP contribution in [0.25, 0.3) is 0 Å². The summed E-state index contributed by atoms with van der Waals surface area (Å²) in [6.07, 6.45) is 6.82. The highest BCUT2D eigenvalue weighted by Gasteiger charge is 2.14. The highest BCUT2D eigenvalue weighted by molar-refractivity contribution is 6.03. The van der Waals surface area contributed by atoms with Gasteiger partial charge in [0, 0.05) is 13.1 Å².